The Hall–Kier alpha value is -6.21. The number of nitrogens with zero attached hydrogens (tertiary/aromatic N) is 4. The zero-order chi connectivity index (χ0) is 45.4. The molecular weight excluding hydrogens is 815 g/mol. The Morgan fingerprint density at radius 1 is 0.984 bits per heavy atom. The van der Waals surface area contributed by atoms with E-state index in [1.807, 2.05) is 0 Å². The molecule has 18 heteroatoms. The molecule has 1 aliphatic heterocycles. The Morgan fingerprint density at radius 2 is 1.70 bits per heavy atom. The first-order chi connectivity index (χ1) is 30.0. The van der Waals surface area contributed by atoms with Crippen molar-refractivity contribution in [2.24, 2.45) is 7.05 Å². The third-order valence-electron chi connectivity index (χ3n) is 11.8. The Labute approximate surface area is 363 Å². The van der Waals surface area contributed by atoms with E-state index in [1.54, 1.807) is 57.4 Å². The molecule has 18 nitrogen and oxygen atoms in total. The number of amides is 3. The highest BCUT2D eigenvalue weighted by Gasteiger charge is 2.54. The number of aromatic nitrogens is 4. The van der Waals surface area contributed by atoms with Crippen LogP contribution in [-0.2, 0) is 34.5 Å². The molecule has 0 bridgehead atoms. The summed E-state index contributed by atoms with van der Waals surface area (Å²) in [4.78, 5) is 64.3. The largest absolute Gasteiger partial charge is 0.507 e. The number of carboxylic acids is 1. The van der Waals surface area contributed by atoms with Gasteiger partial charge in [0.1, 0.15) is 24.5 Å². The summed E-state index contributed by atoms with van der Waals surface area (Å²) < 4.78 is 8.88. The molecule has 2 aromatic carbocycles. The van der Waals surface area contributed by atoms with Crippen LogP contribution in [0.25, 0.3) is 6.08 Å². The molecule has 2 aliphatic rings. The van der Waals surface area contributed by atoms with E-state index in [-0.39, 0.29) is 47.9 Å². The van der Waals surface area contributed by atoms with Gasteiger partial charge in [0.15, 0.2) is 5.60 Å². The molecule has 0 unspecified atom stereocenters. The van der Waals surface area contributed by atoms with Crippen LogP contribution in [0.3, 0.4) is 0 Å². The Balaban J connectivity index is 1.17. The molecule has 8 N–H and O–H groups in total. The lowest BCUT2D eigenvalue weighted by Gasteiger charge is -2.47. The highest BCUT2D eigenvalue weighted by Crippen LogP contribution is 2.36. The van der Waals surface area contributed by atoms with Gasteiger partial charge < -0.3 is 50.8 Å². The summed E-state index contributed by atoms with van der Waals surface area (Å²) >= 11 is 0. The first kappa shape index (κ1) is 46.3. The summed E-state index contributed by atoms with van der Waals surface area (Å²) in [6, 6.07) is 11.3. The number of hydrogen-bond donors (Lipinski definition) is 8. The number of benzene rings is 2. The van der Waals surface area contributed by atoms with Gasteiger partial charge in [0.2, 0.25) is 5.91 Å². The minimum atomic E-state index is -2.15. The number of carbonyl (C=O) groups is 4. The number of nitrogens with one attached hydrogen (secondary N) is 3. The fourth-order valence-electron chi connectivity index (χ4n) is 8.13. The number of aryl methyl sites for hydroxylation is 3. The summed E-state index contributed by atoms with van der Waals surface area (Å²) in [5.74, 6) is -2.91. The van der Waals surface area contributed by atoms with Crippen molar-refractivity contribution < 1.29 is 49.4 Å². The van der Waals surface area contributed by atoms with E-state index in [0.717, 1.165) is 37.8 Å². The number of carboxylic acid groups (broad SMARTS) is 1. The lowest BCUT2D eigenvalue weighted by atomic mass is 9.81. The number of carbonyl (C=O) groups excluding carboxylic acids is 3. The van der Waals surface area contributed by atoms with Gasteiger partial charge >= 0.3 is 5.97 Å². The van der Waals surface area contributed by atoms with E-state index in [4.69, 9.17) is 4.74 Å². The molecule has 2 fully saturated rings. The van der Waals surface area contributed by atoms with Gasteiger partial charge in [-0.3, -0.25) is 19.2 Å². The Morgan fingerprint density at radius 3 is 2.40 bits per heavy atom. The maximum absolute atomic E-state index is 13.5. The summed E-state index contributed by atoms with van der Waals surface area (Å²) in [5, 5.41) is 71.5. The van der Waals surface area contributed by atoms with Gasteiger partial charge in [-0.15, -0.1) is 5.10 Å². The van der Waals surface area contributed by atoms with E-state index >= 15 is 0 Å². The van der Waals surface area contributed by atoms with E-state index in [2.05, 4.69) is 26.3 Å². The number of phenolic OH excluding ortho intramolecular Hbond substituents is 1. The molecule has 1 aliphatic carbocycles. The van der Waals surface area contributed by atoms with Crippen LogP contribution in [0.15, 0.2) is 71.8 Å². The second-order valence-electron chi connectivity index (χ2n) is 16.5. The second-order valence-corrected chi connectivity index (χ2v) is 16.5. The highest BCUT2D eigenvalue weighted by atomic mass is 16.6. The number of aromatic hydroxyl groups is 1. The second kappa shape index (κ2) is 20.3. The van der Waals surface area contributed by atoms with Crippen LogP contribution in [0.1, 0.15) is 99.5 Å². The molecule has 1 saturated heterocycles. The van der Waals surface area contributed by atoms with Gasteiger partial charge in [0.25, 0.3) is 17.4 Å². The molecule has 0 radical (unpaired) electrons. The van der Waals surface area contributed by atoms with Gasteiger partial charge in [-0.05, 0) is 73.2 Å². The highest BCUT2D eigenvalue weighted by molar-refractivity contribution is 5.95. The Bertz CT molecular complexity index is 2370. The first-order valence-electron chi connectivity index (χ1n) is 21.0. The smallest absolute Gasteiger partial charge is 0.336 e. The number of aliphatic carboxylic acids is 1. The number of hydrogen-bond acceptors (Lipinski definition) is 12. The molecule has 4 aromatic rings. The van der Waals surface area contributed by atoms with Crippen molar-refractivity contribution in [3.8, 4) is 5.75 Å². The van der Waals surface area contributed by atoms with Crippen LogP contribution in [0.5, 0.6) is 5.75 Å². The fraction of sp³-hybridized carbons (Fsp3) is 0.444. The van der Waals surface area contributed by atoms with E-state index in [1.165, 1.54) is 45.8 Å². The lowest BCUT2D eigenvalue weighted by Crippen LogP contribution is -2.67. The molecule has 63 heavy (non-hydrogen) atoms. The number of phenols is 1. The maximum Gasteiger partial charge on any atom is 0.336 e. The molecule has 6 atom stereocenters. The molecule has 336 valence electrons. The van der Waals surface area contributed by atoms with Crippen LogP contribution in [0, 0.1) is 13.8 Å². The van der Waals surface area contributed by atoms with Gasteiger partial charge in [0, 0.05) is 68.5 Å². The SMILES string of the molecule is Cc1cc(C(=O)NC[C@@H](O)[C@@H](O)[C@@H]2O[C@@](C/C=C/c3cccc(CNC(=O)c4ccn(C)c(=O)c4)c3)(C(=O)O)C[C@H](O)[C@H]2NC(=O)Cn2cc(C3CCCCC3)nn2)cc(C)c1O. The fourth-order valence-corrected chi connectivity index (χ4v) is 8.13. The predicted molar refractivity (Wildman–Crippen MR) is 229 cm³/mol. The molecule has 0 spiro atoms. The third kappa shape index (κ3) is 11.4. The first-order valence-corrected chi connectivity index (χ1v) is 21.0. The number of ether oxygens (including phenoxy) is 1. The monoisotopic (exact) mass is 869 g/mol. The van der Waals surface area contributed by atoms with Crippen LogP contribution in [0.2, 0.25) is 0 Å². The molecule has 1 saturated carbocycles. The van der Waals surface area contributed by atoms with Crippen LogP contribution >= 0.6 is 0 Å². The number of aliphatic hydroxyl groups is 3. The van der Waals surface area contributed by atoms with Crippen LogP contribution in [-0.4, -0.2) is 111 Å². The third-order valence-corrected chi connectivity index (χ3v) is 11.8. The number of rotatable bonds is 16. The van der Waals surface area contributed by atoms with Crippen molar-refractivity contribution >= 4 is 29.8 Å². The minimum absolute atomic E-state index is 0.0299. The van der Waals surface area contributed by atoms with E-state index in [0.29, 0.717) is 22.3 Å². The number of aliphatic hydroxyl groups excluding tert-OH is 3. The summed E-state index contributed by atoms with van der Waals surface area (Å²) in [5.41, 5.74) is 0.950. The van der Waals surface area contributed by atoms with Crippen LogP contribution in [0.4, 0.5) is 0 Å². The van der Waals surface area contributed by atoms with Gasteiger partial charge in [0.05, 0.1) is 23.9 Å². The molecule has 3 heterocycles. The average Bonchev–Trinajstić information content (AvgIpc) is 3.73. The molecule has 3 amide bonds. The normalized spacial score (nSPS) is 21.4. The van der Waals surface area contributed by atoms with Crippen molar-refractivity contribution in [2.45, 2.75) is 114 Å². The summed E-state index contributed by atoms with van der Waals surface area (Å²) in [6.45, 7) is 2.54. The van der Waals surface area contributed by atoms with E-state index < -0.39 is 72.7 Å². The van der Waals surface area contributed by atoms with Crippen molar-refractivity contribution in [2.75, 3.05) is 6.54 Å². The number of pyridine rings is 1. The van der Waals surface area contributed by atoms with E-state index in [9.17, 15) is 49.5 Å². The van der Waals surface area contributed by atoms with Crippen molar-refractivity contribution in [1.82, 2.24) is 35.5 Å². The van der Waals surface area contributed by atoms with Gasteiger partial charge in [-0.25, -0.2) is 9.48 Å². The van der Waals surface area contributed by atoms with Crippen molar-refractivity contribution in [3.63, 3.8) is 0 Å². The molecule has 2 aromatic heterocycles. The predicted octanol–water partition coefficient (Wildman–Crippen LogP) is 1.99. The molecule has 6 rings (SSSR count). The van der Waals surface area contributed by atoms with Crippen molar-refractivity contribution in [3.05, 3.63) is 116 Å². The molecular formula is C45H55N7O11. The van der Waals surface area contributed by atoms with Gasteiger partial charge in [-0.1, -0.05) is 54.8 Å². The van der Waals surface area contributed by atoms with Gasteiger partial charge in [-0.2, -0.15) is 0 Å². The summed E-state index contributed by atoms with van der Waals surface area (Å²) in [7, 11) is 1.58. The quantitative estimate of drug-likeness (QED) is 0.0802. The topological polar surface area (TPSA) is 267 Å². The average molecular weight is 870 g/mol. The standard InChI is InChI=1S/C45H55N7O11/c1-26-17-32(18-27(2)39(26)57)43(60)47-23-35(54)40(58)41-38(48-36(55)25-52-24-33(49-50-52)30-12-5-4-6-13-30)34(53)21-45(63-41,44(61)62)15-8-11-28-9-7-10-29(19-28)22-46-42(59)31-14-16-51(3)37(56)20-31/h7-11,14,16-20,24,30,34-35,38,40-41,53-54,57-58H,4-6,12-13,15,21-23,25H2,1-3H3,(H,46,59)(H,47,60)(H,48,55)(H,61,62)/b11-8+/t34-,35+,38+,40+,41+,45+/m0/s1. The summed E-state index contributed by atoms with van der Waals surface area (Å²) in [6.07, 6.45) is 3.77. The van der Waals surface area contributed by atoms with Crippen molar-refractivity contribution in [1.29, 1.82) is 0 Å². The lowest BCUT2D eigenvalue weighted by molar-refractivity contribution is -0.226. The maximum atomic E-state index is 13.5. The Kier molecular flexibility index (Phi) is 14.9. The zero-order valence-electron chi connectivity index (χ0n) is 35.4. The van der Waals surface area contributed by atoms with Crippen LogP contribution < -0.4 is 21.5 Å². The zero-order valence-corrected chi connectivity index (χ0v) is 35.4. The minimum Gasteiger partial charge on any atom is -0.507 e.